The molecule has 0 fully saturated rings. The lowest BCUT2D eigenvalue weighted by molar-refractivity contribution is -0.123. The number of nitrogens with one attached hydrogen (secondary N) is 2. The van der Waals surface area contributed by atoms with Crippen LogP contribution in [0.1, 0.15) is 12.8 Å². The quantitative estimate of drug-likeness (QED) is 0.404. The van der Waals surface area contributed by atoms with Gasteiger partial charge in [0.2, 0.25) is 11.8 Å². The van der Waals surface area contributed by atoms with Crippen molar-refractivity contribution in [3.8, 4) is 11.5 Å². The van der Waals surface area contributed by atoms with Crippen LogP contribution < -0.4 is 20.1 Å². The van der Waals surface area contributed by atoms with Crippen LogP contribution in [0.5, 0.6) is 11.5 Å². The molecular formula is C21H21ClN4O5S. The lowest BCUT2D eigenvalue weighted by atomic mass is 10.3. The molecule has 1 aromatic heterocycles. The highest BCUT2D eigenvalue weighted by molar-refractivity contribution is 7.99. The molecule has 0 saturated carbocycles. The topological polar surface area (TPSA) is 116 Å². The van der Waals surface area contributed by atoms with E-state index in [4.69, 9.17) is 25.5 Å². The van der Waals surface area contributed by atoms with E-state index >= 15 is 0 Å². The summed E-state index contributed by atoms with van der Waals surface area (Å²) in [7, 11) is 0. The summed E-state index contributed by atoms with van der Waals surface area (Å²) in [6.07, 6.45) is 0. The van der Waals surface area contributed by atoms with Crippen LogP contribution >= 0.6 is 23.4 Å². The summed E-state index contributed by atoms with van der Waals surface area (Å²) in [6.45, 7) is 2.25. The van der Waals surface area contributed by atoms with Gasteiger partial charge in [0.25, 0.3) is 11.1 Å². The highest BCUT2D eigenvalue weighted by Crippen LogP contribution is 2.24. The third kappa shape index (κ3) is 7.47. The van der Waals surface area contributed by atoms with Crippen LogP contribution in [0.25, 0.3) is 0 Å². The Labute approximate surface area is 193 Å². The minimum absolute atomic E-state index is 0.0459. The predicted molar refractivity (Wildman–Crippen MR) is 120 cm³/mol. The summed E-state index contributed by atoms with van der Waals surface area (Å²) in [5.74, 6) is 0.833. The Morgan fingerprint density at radius 3 is 2.62 bits per heavy atom. The number of hydrogen-bond acceptors (Lipinski definition) is 8. The van der Waals surface area contributed by atoms with E-state index in [-0.39, 0.29) is 41.8 Å². The summed E-state index contributed by atoms with van der Waals surface area (Å²) in [5.41, 5.74) is 0.592. The molecule has 11 heteroatoms. The van der Waals surface area contributed by atoms with Crippen LogP contribution in [0.3, 0.4) is 0 Å². The summed E-state index contributed by atoms with van der Waals surface area (Å²) in [6, 6.07) is 13.9. The highest BCUT2D eigenvalue weighted by Gasteiger charge is 2.12. The number of benzene rings is 2. The number of amides is 2. The number of rotatable bonds is 11. The fourth-order valence-corrected chi connectivity index (χ4v) is 3.14. The molecule has 0 spiro atoms. The second kappa shape index (κ2) is 12.0. The van der Waals surface area contributed by atoms with Gasteiger partial charge < -0.3 is 24.5 Å². The second-order valence-electron chi connectivity index (χ2n) is 6.25. The molecule has 3 rings (SSSR count). The van der Waals surface area contributed by atoms with E-state index in [0.717, 1.165) is 11.8 Å². The van der Waals surface area contributed by atoms with Crippen LogP contribution in [-0.2, 0) is 16.1 Å². The zero-order valence-corrected chi connectivity index (χ0v) is 18.7. The van der Waals surface area contributed by atoms with Crippen molar-refractivity contribution in [1.82, 2.24) is 15.5 Å². The highest BCUT2D eigenvalue weighted by atomic mass is 35.5. The minimum Gasteiger partial charge on any atom is -0.492 e. The standard InChI is InChI=1S/C21H21ClN4O5S/c1-2-29-17-6-4-3-5-16(17)24-19(28)13-32-21-26-25-20(31-21)11-23-18(27)12-30-15-9-7-14(22)8-10-15/h3-10H,2,11-13H2,1H3,(H,23,27)(H,24,28). The van der Waals surface area contributed by atoms with E-state index in [1.54, 1.807) is 36.4 Å². The smallest absolute Gasteiger partial charge is 0.277 e. The number of carbonyl (C=O) groups excluding carboxylic acids is 2. The van der Waals surface area contributed by atoms with Gasteiger partial charge in [-0.15, -0.1) is 10.2 Å². The molecule has 2 N–H and O–H groups in total. The van der Waals surface area contributed by atoms with Crippen molar-refractivity contribution in [2.75, 3.05) is 24.3 Å². The Bertz CT molecular complexity index is 1040. The van der Waals surface area contributed by atoms with Gasteiger partial charge in [0.15, 0.2) is 6.61 Å². The molecule has 0 aliphatic heterocycles. The molecule has 9 nitrogen and oxygen atoms in total. The van der Waals surface area contributed by atoms with E-state index in [1.165, 1.54) is 0 Å². The molecular weight excluding hydrogens is 456 g/mol. The third-order valence-corrected chi connectivity index (χ3v) is 4.93. The summed E-state index contributed by atoms with van der Waals surface area (Å²) >= 11 is 6.89. The van der Waals surface area contributed by atoms with Gasteiger partial charge in [-0.25, -0.2) is 0 Å². The molecule has 1 heterocycles. The Morgan fingerprint density at radius 1 is 1.06 bits per heavy atom. The van der Waals surface area contributed by atoms with E-state index in [2.05, 4.69) is 20.8 Å². The van der Waals surface area contributed by atoms with E-state index < -0.39 is 0 Å². The maximum atomic E-state index is 12.2. The first-order valence-electron chi connectivity index (χ1n) is 9.65. The zero-order valence-electron chi connectivity index (χ0n) is 17.2. The van der Waals surface area contributed by atoms with E-state index in [1.807, 2.05) is 19.1 Å². The fourth-order valence-electron chi connectivity index (χ4n) is 2.44. The lowest BCUT2D eigenvalue weighted by Crippen LogP contribution is -2.28. The maximum Gasteiger partial charge on any atom is 0.277 e. The van der Waals surface area contributed by atoms with Gasteiger partial charge in [0, 0.05) is 5.02 Å². The van der Waals surface area contributed by atoms with Crippen molar-refractivity contribution in [2.45, 2.75) is 18.7 Å². The average Bonchev–Trinajstić information content (AvgIpc) is 3.25. The first kappa shape index (κ1) is 23.4. The van der Waals surface area contributed by atoms with Crippen molar-refractivity contribution >= 4 is 40.9 Å². The van der Waals surface area contributed by atoms with Gasteiger partial charge >= 0.3 is 0 Å². The molecule has 3 aromatic rings. The fraction of sp³-hybridized carbons (Fsp3) is 0.238. The predicted octanol–water partition coefficient (Wildman–Crippen LogP) is 3.55. The van der Waals surface area contributed by atoms with Crippen molar-refractivity contribution in [3.05, 3.63) is 59.4 Å². The largest absolute Gasteiger partial charge is 0.492 e. The number of anilines is 1. The Hall–Kier alpha value is -3.24. The average molecular weight is 477 g/mol. The lowest BCUT2D eigenvalue weighted by Gasteiger charge is -2.10. The van der Waals surface area contributed by atoms with Crippen LogP contribution in [0.15, 0.2) is 58.2 Å². The van der Waals surface area contributed by atoms with Gasteiger partial charge in [0.1, 0.15) is 11.5 Å². The van der Waals surface area contributed by atoms with Gasteiger partial charge in [-0.2, -0.15) is 0 Å². The van der Waals surface area contributed by atoms with Crippen molar-refractivity contribution in [1.29, 1.82) is 0 Å². The summed E-state index contributed by atoms with van der Waals surface area (Å²) in [5, 5.41) is 13.9. The molecule has 32 heavy (non-hydrogen) atoms. The van der Waals surface area contributed by atoms with Gasteiger partial charge in [-0.3, -0.25) is 9.59 Å². The second-order valence-corrected chi connectivity index (χ2v) is 7.61. The summed E-state index contributed by atoms with van der Waals surface area (Å²) in [4.78, 5) is 24.1. The summed E-state index contributed by atoms with van der Waals surface area (Å²) < 4.78 is 16.3. The number of para-hydroxylation sites is 2. The van der Waals surface area contributed by atoms with E-state index in [0.29, 0.717) is 28.8 Å². The van der Waals surface area contributed by atoms with Crippen molar-refractivity contribution < 1.29 is 23.5 Å². The molecule has 0 unspecified atom stereocenters. The molecule has 2 aromatic carbocycles. The number of ether oxygens (including phenoxy) is 2. The van der Waals surface area contributed by atoms with Gasteiger partial charge in [-0.05, 0) is 43.3 Å². The molecule has 0 saturated heterocycles. The monoisotopic (exact) mass is 476 g/mol. The molecule has 0 aliphatic carbocycles. The molecule has 0 aliphatic rings. The molecule has 2 amide bonds. The molecule has 0 atom stereocenters. The number of nitrogens with zero attached hydrogens (tertiary/aromatic N) is 2. The van der Waals surface area contributed by atoms with Gasteiger partial charge in [-0.1, -0.05) is 35.5 Å². The first-order chi connectivity index (χ1) is 15.5. The molecule has 0 radical (unpaired) electrons. The van der Waals surface area contributed by atoms with Crippen LogP contribution in [0.4, 0.5) is 5.69 Å². The van der Waals surface area contributed by atoms with Crippen LogP contribution in [0.2, 0.25) is 5.02 Å². The Kier molecular flexibility index (Phi) is 8.76. The van der Waals surface area contributed by atoms with Gasteiger partial charge in [0.05, 0.1) is 24.6 Å². The normalized spacial score (nSPS) is 10.4. The van der Waals surface area contributed by atoms with Crippen LogP contribution in [0, 0.1) is 0 Å². The number of halogens is 1. The number of carbonyl (C=O) groups is 2. The third-order valence-electron chi connectivity index (χ3n) is 3.86. The molecule has 0 bridgehead atoms. The maximum absolute atomic E-state index is 12.2. The Morgan fingerprint density at radius 2 is 1.84 bits per heavy atom. The Balaban J connectivity index is 1.39. The number of thioether (sulfide) groups is 1. The van der Waals surface area contributed by atoms with Crippen molar-refractivity contribution in [2.24, 2.45) is 0 Å². The molecule has 168 valence electrons. The zero-order chi connectivity index (χ0) is 22.8. The SMILES string of the molecule is CCOc1ccccc1NC(=O)CSc1nnc(CNC(=O)COc2ccc(Cl)cc2)o1. The van der Waals surface area contributed by atoms with Crippen molar-refractivity contribution in [3.63, 3.8) is 0 Å². The number of aromatic nitrogens is 2. The van der Waals surface area contributed by atoms with E-state index in [9.17, 15) is 9.59 Å². The minimum atomic E-state index is -0.348. The number of hydrogen-bond donors (Lipinski definition) is 2. The van der Waals surface area contributed by atoms with Crippen LogP contribution in [-0.4, -0.2) is 41.0 Å². The first-order valence-corrected chi connectivity index (χ1v) is 11.0.